The van der Waals surface area contributed by atoms with E-state index in [2.05, 4.69) is 36.3 Å². The number of rotatable bonds is 6. The number of aryl methyl sites for hydroxylation is 1. The van der Waals surface area contributed by atoms with Gasteiger partial charge in [0.1, 0.15) is 5.75 Å². The van der Waals surface area contributed by atoms with Crippen molar-refractivity contribution in [2.75, 3.05) is 7.11 Å². The Bertz CT molecular complexity index is 1120. The summed E-state index contributed by atoms with van der Waals surface area (Å²) in [5, 5.41) is 6.50. The molecule has 1 heterocycles. The molecule has 1 aromatic heterocycles. The van der Waals surface area contributed by atoms with Crippen molar-refractivity contribution in [1.82, 2.24) is 15.3 Å². The lowest BCUT2D eigenvalue weighted by Gasteiger charge is -2.09. The molecule has 160 valence electrons. The Kier molecular flexibility index (Phi) is 7.25. The minimum Gasteiger partial charge on any atom is -0.497 e. The van der Waals surface area contributed by atoms with Crippen LogP contribution in [0.2, 0.25) is 0 Å². The Hall–Kier alpha value is -3.39. The highest BCUT2D eigenvalue weighted by atomic mass is 79.9. The van der Waals surface area contributed by atoms with Gasteiger partial charge < -0.3 is 14.6 Å². The highest BCUT2D eigenvalue weighted by Gasteiger charge is 2.13. The second kappa shape index (κ2) is 10.1. The zero-order chi connectivity index (χ0) is 22.4. The molecule has 0 saturated carbocycles. The molecule has 8 heteroatoms. The van der Waals surface area contributed by atoms with Gasteiger partial charge in [-0.25, -0.2) is 5.43 Å². The van der Waals surface area contributed by atoms with E-state index in [4.69, 9.17) is 4.74 Å². The molecule has 2 aromatic carbocycles. The van der Waals surface area contributed by atoms with E-state index in [1.165, 1.54) is 6.21 Å². The Morgan fingerprint density at radius 1 is 1.10 bits per heavy atom. The molecule has 0 radical (unpaired) electrons. The minimum absolute atomic E-state index is 0.230. The number of hydrogen-bond acceptors (Lipinski definition) is 4. The predicted octanol–water partition coefficient (Wildman–Crippen LogP) is 3.63. The number of amides is 2. The van der Waals surface area contributed by atoms with Crippen LogP contribution in [-0.2, 0) is 16.1 Å². The zero-order valence-corrected chi connectivity index (χ0v) is 19.1. The van der Waals surface area contributed by atoms with E-state index in [-0.39, 0.29) is 6.54 Å². The fourth-order valence-corrected chi connectivity index (χ4v) is 3.54. The molecular weight excluding hydrogens is 460 g/mol. The van der Waals surface area contributed by atoms with Gasteiger partial charge in [0, 0.05) is 33.7 Å². The molecule has 0 aliphatic rings. The summed E-state index contributed by atoms with van der Waals surface area (Å²) in [6.45, 7) is 4.20. The van der Waals surface area contributed by atoms with Gasteiger partial charge in [0.25, 0.3) is 0 Å². The number of halogens is 1. The first-order chi connectivity index (χ1) is 14.9. The fraction of sp³-hybridized carbons (Fsp3) is 0.174. The molecule has 31 heavy (non-hydrogen) atoms. The van der Waals surface area contributed by atoms with Gasteiger partial charge in [-0.05, 0) is 55.8 Å². The Morgan fingerprint density at radius 2 is 1.84 bits per heavy atom. The first-order valence-corrected chi connectivity index (χ1v) is 10.4. The second-order valence-corrected chi connectivity index (χ2v) is 7.79. The van der Waals surface area contributed by atoms with Crippen molar-refractivity contribution in [3.8, 4) is 11.4 Å². The number of carbonyl (C=O) groups is 2. The van der Waals surface area contributed by atoms with Crippen LogP contribution in [0.3, 0.4) is 0 Å². The first kappa shape index (κ1) is 22.3. The molecule has 0 spiro atoms. The normalized spacial score (nSPS) is 10.8. The second-order valence-electron chi connectivity index (χ2n) is 6.87. The molecule has 0 aliphatic carbocycles. The van der Waals surface area contributed by atoms with E-state index in [9.17, 15) is 9.59 Å². The highest BCUT2D eigenvalue weighted by molar-refractivity contribution is 9.10. The number of benzene rings is 2. The maximum absolute atomic E-state index is 12.0. The molecule has 3 aromatic rings. The van der Waals surface area contributed by atoms with Crippen molar-refractivity contribution in [2.45, 2.75) is 20.4 Å². The number of nitrogens with zero attached hydrogens (tertiary/aromatic N) is 2. The number of aromatic nitrogens is 1. The number of ether oxygens (including phenoxy) is 1. The van der Waals surface area contributed by atoms with Crippen molar-refractivity contribution < 1.29 is 14.3 Å². The molecule has 0 fully saturated rings. The Labute approximate surface area is 189 Å². The average Bonchev–Trinajstić information content (AvgIpc) is 3.05. The molecule has 2 amide bonds. The lowest BCUT2D eigenvalue weighted by molar-refractivity contribution is -0.139. The van der Waals surface area contributed by atoms with Crippen LogP contribution < -0.4 is 15.5 Å². The largest absolute Gasteiger partial charge is 0.497 e. The zero-order valence-electron chi connectivity index (χ0n) is 17.5. The van der Waals surface area contributed by atoms with Crippen molar-refractivity contribution in [1.29, 1.82) is 0 Å². The lowest BCUT2D eigenvalue weighted by atomic mass is 10.2. The van der Waals surface area contributed by atoms with Crippen LogP contribution in [0.15, 0.2) is 64.2 Å². The Morgan fingerprint density at radius 3 is 2.52 bits per heavy atom. The third kappa shape index (κ3) is 5.61. The number of hydrogen-bond donors (Lipinski definition) is 2. The van der Waals surface area contributed by atoms with E-state index in [1.807, 2.05) is 56.3 Å². The van der Waals surface area contributed by atoms with Crippen molar-refractivity contribution in [2.24, 2.45) is 5.10 Å². The first-order valence-electron chi connectivity index (χ1n) is 9.58. The van der Waals surface area contributed by atoms with E-state index >= 15 is 0 Å². The smallest absolute Gasteiger partial charge is 0.329 e. The highest BCUT2D eigenvalue weighted by Crippen LogP contribution is 2.22. The number of carbonyl (C=O) groups excluding carboxylic acids is 2. The number of methoxy groups -OCH3 is 1. The summed E-state index contributed by atoms with van der Waals surface area (Å²) in [5.41, 5.74) is 6.99. The molecule has 0 bridgehead atoms. The van der Waals surface area contributed by atoms with Gasteiger partial charge in [-0.2, -0.15) is 5.10 Å². The third-order valence-corrected chi connectivity index (χ3v) is 5.22. The maximum atomic E-state index is 12.0. The van der Waals surface area contributed by atoms with Gasteiger partial charge in [-0.15, -0.1) is 0 Å². The van der Waals surface area contributed by atoms with Gasteiger partial charge in [-0.1, -0.05) is 34.1 Å². The van der Waals surface area contributed by atoms with E-state index in [0.717, 1.165) is 38.4 Å². The molecule has 0 atom stereocenters. The van der Waals surface area contributed by atoms with E-state index in [1.54, 1.807) is 19.2 Å². The van der Waals surface area contributed by atoms with Gasteiger partial charge in [-0.3, -0.25) is 9.59 Å². The summed E-state index contributed by atoms with van der Waals surface area (Å²) >= 11 is 3.49. The standard InChI is InChI=1S/C23H23BrN4O3/c1-15-11-18(16(2)28(15)20-6-4-5-19(24)12-20)14-26-27-23(30)22(29)25-13-17-7-9-21(31-3)10-8-17/h4-12,14H,13H2,1-3H3,(H,25,29)(H,27,30)/b26-14-. The van der Waals surface area contributed by atoms with Crippen LogP contribution >= 0.6 is 15.9 Å². The lowest BCUT2D eigenvalue weighted by Crippen LogP contribution is -2.37. The van der Waals surface area contributed by atoms with E-state index < -0.39 is 11.8 Å². The Balaban J connectivity index is 1.59. The molecule has 7 nitrogen and oxygen atoms in total. The molecule has 0 aliphatic heterocycles. The van der Waals surface area contributed by atoms with E-state index in [0.29, 0.717) is 0 Å². The summed E-state index contributed by atoms with van der Waals surface area (Å²) in [4.78, 5) is 24.0. The summed E-state index contributed by atoms with van der Waals surface area (Å²) in [7, 11) is 1.58. The summed E-state index contributed by atoms with van der Waals surface area (Å²) in [6.07, 6.45) is 1.53. The molecular formula is C23H23BrN4O3. The molecule has 0 unspecified atom stereocenters. The minimum atomic E-state index is -0.828. The van der Waals surface area contributed by atoms with Crippen LogP contribution in [0.4, 0.5) is 0 Å². The number of hydrazone groups is 1. The van der Waals surface area contributed by atoms with Gasteiger partial charge in [0.2, 0.25) is 0 Å². The van der Waals surface area contributed by atoms with Crippen molar-refractivity contribution >= 4 is 34.0 Å². The third-order valence-electron chi connectivity index (χ3n) is 4.72. The summed E-state index contributed by atoms with van der Waals surface area (Å²) < 4.78 is 8.17. The van der Waals surface area contributed by atoms with Crippen LogP contribution in [0.5, 0.6) is 5.75 Å². The molecule has 2 N–H and O–H groups in total. The van der Waals surface area contributed by atoms with Gasteiger partial charge >= 0.3 is 11.8 Å². The number of nitrogens with one attached hydrogen (secondary N) is 2. The topological polar surface area (TPSA) is 84.7 Å². The fourth-order valence-electron chi connectivity index (χ4n) is 3.15. The quantitative estimate of drug-likeness (QED) is 0.319. The van der Waals surface area contributed by atoms with Crippen LogP contribution in [-0.4, -0.2) is 29.7 Å². The van der Waals surface area contributed by atoms with Crippen molar-refractivity contribution in [3.05, 3.63) is 81.6 Å². The van der Waals surface area contributed by atoms with Crippen LogP contribution in [0, 0.1) is 13.8 Å². The van der Waals surface area contributed by atoms with Crippen LogP contribution in [0.1, 0.15) is 22.5 Å². The summed E-state index contributed by atoms with van der Waals surface area (Å²) in [6, 6.07) is 17.2. The molecule has 0 saturated heterocycles. The average molecular weight is 483 g/mol. The van der Waals surface area contributed by atoms with Crippen molar-refractivity contribution in [3.63, 3.8) is 0 Å². The summed E-state index contributed by atoms with van der Waals surface area (Å²) in [5.74, 6) is -0.862. The van der Waals surface area contributed by atoms with Gasteiger partial charge in [0.15, 0.2) is 0 Å². The monoisotopic (exact) mass is 482 g/mol. The van der Waals surface area contributed by atoms with Crippen LogP contribution in [0.25, 0.3) is 5.69 Å². The molecule has 3 rings (SSSR count). The maximum Gasteiger partial charge on any atom is 0.329 e. The predicted molar refractivity (Wildman–Crippen MR) is 124 cm³/mol. The SMILES string of the molecule is COc1ccc(CNC(=O)C(=O)N/N=C\c2cc(C)n(-c3cccc(Br)c3)c2C)cc1. The van der Waals surface area contributed by atoms with Gasteiger partial charge in [0.05, 0.1) is 13.3 Å².